The molecule has 1 fully saturated rings. The average molecular weight is 240 g/mol. The Morgan fingerprint density at radius 1 is 1.50 bits per heavy atom. The van der Waals surface area contributed by atoms with Crippen LogP contribution in [0.5, 0.6) is 5.75 Å². The maximum Gasteiger partial charge on any atom is 0.123 e. The van der Waals surface area contributed by atoms with Crippen molar-refractivity contribution in [1.82, 2.24) is 5.32 Å². The Morgan fingerprint density at radius 2 is 2.31 bits per heavy atom. The van der Waals surface area contributed by atoms with Gasteiger partial charge in [-0.2, -0.15) is 0 Å². The van der Waals surface area contributed by atoms with E-state index < -0.39 is 0 Å². The maximum atomic E-state index is 6.14. The van der Waals surface area contributed by atoms with Crippen LogP contribution in [0.2, 0.25) is 5.02 Å². The van der Waals surface area contributed by atoms with Crippen LogP contribution in [-0.2, 0) is 6.42 Å². The number of benzene rings is 1. The summed E-state index contributed by atoms with van der Waals surface area (Å²) in [5, 5.41) is 4.17. The molecule has 2 rings (SSSR count). The standard InChI is InChI=1S/C13H18ClNO/c1-3-11-12(9-4-5-15-8-9)6-10(14)7-13(11)16-2/h6-7,9,15H,3-5,8H2,1-2H3. The second-order valence-electron chi connectivity index (χ2n) is 4.22. The molecule has 1 aliphatic heterocycles. The minimum atomic E-state index is 0.586. The highest BCUT2D eigenvalue weighted by molar-refractivity contribution is 6.30. The van der Waals surface area contributed by atoms with E-state index in [4.69, 9.17) is 16.3 Å². The summed E-state index contributed by atoms with van der Waals surface area (Å²) >= 11 is 6.14. The van der Waals surface area contributed by atoms with Gasteiger partial charge in [0.1, 0.15) is 5.75 Å². The van der Waals surface area contributed by atoms with Crippen LogP contribution in [0.3, 0.4) is 0 Å². The Hall–Kier alpha value is -0.730. The molecular formula is C13H18ClNO. The second-order valence-corrected chi connectivity index (χ2v) is 4.66. The Bertz CT molecular complexity index is 372. The summed E-state index contributed by atoms with van der Waals surface area (Å²) in [6, 6.07) is 4.01. The first-order chi connectivity index (χ1) is 7.76. The Kier molecular flexibility index (Phi) is 3.72. The zero-order valence-electron chi connectivity index (χ0n) is 9.85. The normalized spacial score (nSPS) is 20.1. The molecule has 0 bridgehead atoms. The zero-order chi connectivity index (χ0) is 11.5. The number of hydrogen-bond donors (Lipinski definition) is 1. The fraction of sp³-hybridized carbons (Fsp3) is 0.538. The van der Waals surface area contributed by atoms with Gasteiger partial charge >= 0.3 is 0 Å². The molecule has 88 valence electrons. The lowest BCUT2D eigenvalue weighted by atomic mass is 9.91. The van der Waals surface area contributed by atoms with Gasteiger partial charge in [0.2, 0.25) is 0 Å². The molecule has 0 aromatic heterocycles. The van der Waals surface area contributed by atoms with Crippen molar-refractivity contribution in [3.05, 3.63) is 28.3 Å². The lowest BCUT2D eigenvalue weighted by Crippen LogP contribution is -2.10. The predicted molar refractivity (Wildman–Crippen MR) is 67.6 cm³/mol. The van der Waals surface area contributed by atoms with Crippen molar-refractivity contribution < 1.29 is 4.74 Å². The van der Waals surface area contributed by atoms with E-state index in [0.717, 1.165) is 30.3 Å². The Morgan fingerprint density at radius 3 is 2.88 bits per heavy atom. The van der Waals surface area contributed by atoms with Crippen molar-refractivity contribution in [2.24, 2.45) is 0 Å². The summed E-state index contributed by atoms with van der Waals surface area (Å²) in [5.74, 6) is 1.51. The minimum absolute atomic E-state index is 0.586. The third kappa shape index (κ3) is 2.18. The van der Waals surface area contributed by atoms with Crippen LogP contribution >= 0.6 is 11.6 Å². The highest BCUT2D eigenvalue weighted by Gasteiger charge is 2.21. The smallest absolute Gasteiger partial charge is 0.123 e. The molecule has 1 aliphatic rings. The summed E-state index contributed by atoms with van der Waals surface area (Å²) < 4.78 is 5.41. The third-order valence-electron chi connectivity index (χ3n) is 3.28. The summed E-state index contributed by atoms with van der Waals surface area (Å²) in [7, 11) is 1.71. The minimum Gasteiger partial charge on any atom is -0.496 e. The van der Waals surface area contributed by atoms with Gasteiger partial charge in [-0.3, -0.25) is 0 Å². The second kappa shape index (κ2) is 5.07. The Labute approximate surface area is 102 Å². The molecule has 1 N–H and O–H groups in total. The van der Waals surface area contributed by atoms with E-state index in [1.165, 1.54) is 17.5 Å². The van der Waals surface area contributed by atoms with Crippen LogP contribution in [0, 0.1) is 0 Å². The van der Waals surface area contributed by atoms with Crippen LogP contribution in [-0.4, -0.2) is 20.2 Å². The zero-order valence-corrected chi connectivity index (χ0v) is 10.6. The van der Waals surface area contributed by atoms with Crippen molar-refractivity contribution in [2.45, 2.75) is 25.7 Å². The van der Waals surface area contributed by atoms with Gasteiger partial charge in [0.15, 0.2) is 0 Å². The quantitative estimate of drug-likeness (QED) is 0.876. The van der Waals surface area contributed by atoms with Gasteiger partial charge in [0.25, 0.3) is 0 Å². The molecule has 16 heavy (non-hydrogen) atoms. The van der Waals surface area contributed by atoms with Gasteiger partial charge in [0.05, 0.1) is 7.11 Å². The predicted octanol–water partition coefficient (Wildman–Crippen LogP) is 2.99. The van der Waals surface area contributed by atoms with Gasteiger partial charge in [-0.25, -0.2) is 0 Å². The Balaban J connectivity index is 2.44. The van der Waals surface area contributed by atoms with Crippen LogP contribution in [0.25, 0.3) is 0 Å². The fourth-order valence-electron chi connectivity index (χ4n) is 2.48. The van der Waals surface area contributed by atoms with Gasteiger partial charge in [-0.1, -0.05) is 18.5 Å². The van der Waals surface area contributed by atoms with Crippen molar-refractivity contribution in [2.75, 3.05) is 20.2 Å². The molecule has 3 heteroatoms. The molecule has 0 aliphatic carbocycles. The number of methoxy groups -OCH3 is 1. The van der Waals surface area contributed by atoms with E-state index in [9.17, 15) is 0 Å². The molecule has 0 amide bonds. The highest BCUT2D eigenvalue weighted by atomic mass is 35.5. The first kappa shape index (κ1) is 11.7. The first-order valence-corrected chi connectivity index (χ1v) is 6.21. The maximum absolute atomic E-state index is 6.14. The molecule has 1 aromatic carbocycles. The van der Waals surface area contributed by atoms with Crippen LogP contribution in [0.1, 0.15) is 30.4 Å². The SMILES string of the molecule is CCc1c(OC)cc(Cl)cc1C1CCNC1. The van der Waals surface area contributed by atoms with E-state index in [-0.39, 0.29) is 0 Å². The third-order valence-corrected chi connectivity index (χ3v) is 3.50. The van der Waals surface area contributed by atoms with Crippen molar-refractivity contribution in [3.8, 4) is 5.75 Å². The molecule has 2 nitrogen and oxygen atoms in total. The average Bonchev–Trinajstić information content (AvgIpc) is 2.81. The molecule has 1 saturated heterocycles. The summed E-state index contributed by atoms with van der Waals surface area (Å²) in [5.41, 5.74) is 2.66. The summed E-state index contributed by atoms with van der Waals surface area (Å²) in [6.07, 6.45) is 2.18. The van der Waals surface area contributed by atoms with E-state index in [2.05, 4.69) is 18.3 Å². The number of halogens is 1. The lowest BCUT2D eigenvalue weighted by Gasteiger charge is -2.17. The monoisotopic (exact) mass is 239 g/mol. The lowest BCUT2D eigenvalue weighted by molar-refractivity contribution is 0.409. The molecule has 1 aromatic rings. The topological polar surface area (TPSA) is 21.3 Å². The highest BCUT2D eigenvalue weighted by Crippen LogP contribution is 2.34. The van der Waals surface area contributed by atoms with E-state index in [1.54, 1.807) is 7.11 Å². The van der Waals surface area contributed by atoms with Gasteiger partial charge < -0.3 is 10.1 Å². The van der Waals surface area contributed by atoms with Crippen LogP contribution in [0.15, 0.2) is 12.1 Å². The summed E-state index contributed by atoms with van der Waals surface area (Å²) in [6.45, 7) is 4.32. The summed E-state index contributed by atoms with van der Waals surface area (Å²) in [4.78, 5) is 0. The van der Waals surface area contributed by atoms with E-state index in [1.807, 2.05) is 6.07 Å². The fourth-order valence-corrected chi connectivity index (χ4v) is 2.69. The molecule has 1 atom stereocenters. The van der Waals surface area contributed by atoms with Crippen molar-refractivity contribution in [3.63, 3.8) is 0 Å². The van der Waals surface area contributed by atoms with Crippen LogP contribution < -0.4 is 10.1 Å². The number of hydrogen-bond acceptors (Lipinski definition) is 2. The first-order valence-electron chi connectivity index (χ1n) is 5.83. The van der Waals surface area contributed by atoms with Crippen molar-refractivity contribution in [1.29, 1.82) is 0 Å². The van der Waals surface area contributed by atoms with Crippen molar-refractivity contribution >= 4 is 11.6 Å². The number of nitrogens with one attached hydrogen (secondary N) is 1. The molecule has 1 unspecified atom stereocenters. The van der Waals surface area contributed by atoms with E-state index >= 15 is 0 Å². The molecular weight excluding hydrogens is 222 g/mol. The molecule has 0 spiro atoms. The van der Waals surface area contributed by atoms with Gasteiger partial charge in [-0.05, 0) is 48.6 Å². The largest absolute Gasteiger partial charge is 0.496 e. The molecule has 0 saturated carbocycles. The molecule has 1 heterocycles. The van der Waals surface area contributed by atoms with Gasteiger partial charge in [0, 0.05) is 11.6 Å². The number of rotatable bonds is 3. The van der Waals surface area contributed by atoms with Crippen LogP contribution in [0.4, 0.5) is 0 Å². The molecule has 0 radical (unpaired) electrons. The van der Waals surface area contributed by atoms with Gasteiger partial charge in [-0.15, -0.1) is 0 Å². The van der Waals surface area contributed by atoms with E-state index in [0.29, 0.717) is 5.92 Å². The number of ether oxygens (including phenoxy) is 1.